The van der Waals surface area contributed by atoms with Crippen molar-refractivity contribution in [1.29, 1.82) is 5.26 Å². The Morgan fingerprint density at radius 1 is 1.40 bits per heavy atom. The van der Waals surface area contributed by atoms with Gasteiger partial charge in [-0.3, -0.25) is 4.79 Å². The van der Waals surface area contributed by atoms with E-state index in [0.29, 0.717) is 17.8 Å². The van der Waals surface area contributed by atoms with E-state index < -0.39 is 0 Å². The van der Waals surface area contributed by atoms with Crippen molar-refractivity contribution in [3.05, 3.63) is 29.8 Å². The zero-order chi connectivity index (χ0) is 11.1. The zero-order valence-electron chi connectivity index (χ0n) is 8.58. The number of nitrogens with zero attached hydrogens (tertiary/aromatic N) is 1. The summed E-state index contributed by atoms with van der Waals surface area (Å²) in [6, 6.07) is 8.78. The van der Waals surface area contributed by atoms with Crippen LogP contribution < -0.4 is 10.6 Å². The first-order valence-corrected chi connectivity index (χ1v) is 4.77. The average molecular weight is 203 g/mol. The van der Waals surface area contributed by atoms with Crippen LogP contribution in [0.1, 0.15) is 12.5 Å². The molecule has 4 nitrogen and oxygen atoms in total. The van der Waals surface area contributed by atoms with E-state index in [4.69, 9.17) is 5.26 Å². The molecule has 0 heterocycles. The predicted octanol–water partition coefficient (Wildman–Crippen LogP) is 1.11. The van der Waals surface area contributed by atoms with Gasteiger partial charge in [0.05, 0.1) is 18.2 Å². The summed E-state index contributed by atoms with van der Waals surface area (Å²) in [7, 11) is 0. The molecule has 1 rings (SSSR count). The number of nitriles is 1. The van der Waals surface area contributed by atoms with Gasteiger partial charge in [0.25, 0.3) is 0 Å². The lowest BCUT2D eigenvalue weighted by molar-refractivity contribution is -0.115. The van der Waals surface area contributed by atoms with Crippen LogP contribution in [0.4, 0.5) is 5.69 Å². The van der Waals surface area contributed by atoms with Gasteiger partial charge in [-0.05, 0) is 30.8 Å². The number of carbonyl (C=O) groups is 1. The number of carbonyl (C=O) groups excluding carboxylic acids is 1. The van der Waals surface area contributed by atoms with E-state index in [1.165, 1.54) is 0 Å². The molecular formula is C11H13N3O. The van der Waals surface area contributed by atoms with Crippen LogP contribution in [0, 0.1) is 11.3 Å². The molecule has 0 aliphatic heterocycles. The number of rotatable bonds is 4. The molecule has 1 amide bonds. The summed E-state index contributed by atoms with van der Waals surface area (Å²) >= 11 is 0. The lowest BCUT2D eigenvalue weighted by Gasteiger charge is -2.04. The van der Waals surface area contributed by atoms with E-state index in [1.807, 2.05) is 13.0 Å². The quantitative estimate of drug-likeness (QED) is 0.770. The van der Waals surface area contributed by atoms with Gasteiger partial charge < -0.3 is 10.6 Å². The second-order valence-corrected chi connectivity index (χ2v) is 3.02. The summed E-state index contributed by atoms with van der Waals surface area (Å²) in [5, 5.41) is 14.2. The molecule has 2 N–H and O–H groups in total. The standard InChI is InChI=1S/C11H13N3O/c1-2-13-8-11(15)14-10-5-3-9(7-12)4-6-10/h3-6,13H,2,8H2,1H3,(H,14,15). The third kappa shape index (κ3) is 3.79. The van der Waals surface area contributed by atoms with Crippen molar-refractivity contribution >= 4 is 11.6 Å². The number of likely N-dealkylation sites (N-methyl/N-ethyl adjacent to an activating group) is 1. The van der Waals surface area contributed by atoms with Gasteiger partial charge in [-0.2, -0.15) is 5.26 Å². The first-order chi connectivity index (χ1) is 7.26. The third-order valence-electron chi connectivity index (χ3n) is 1.83. The van der Waals surface area contributed by atoms with Crippen LogP contribution in [0.3, 0.4) is 0 Å². The van der Waals surface area contributed by atoms with Gasteiger partial charge >= 0.3 is 0 Å². The van der Waals surface area contributed by atoms with Crippen molar-refractivity contribution in [2.24, 2.45) is 0 Å². The van der Waals surface area contributed by atoms with E-state index >= 15 is 0 Å². The Morgan fingerprint density at radius 3 is 2.60 bits per heavy atom. The summed E-state index contributed by atoms with van der Waals surface area (Å²) in [4.78, 5) is 11.3. The molecule has 0 fully saturated rings. The van der Waals surface area contributed by atoms with Crippen LogP contribution in [0.5, 0.6) is 0 Å². The Morgan fingerprint density at radius 2 is 2.07 bits per heavy atom. The van der Waals surface area contributed by atoms with Crippen molar-refractivity contribution in [2.75, 3.05) is 18.4 Å². The van der Waals surface area contributed by atoms with Crippen LogP contribution >= 0.6 is 0 Å². The maximum atomic E-state index is 11.3. The molecule has 1 aromatic carbocycles. The minimum Gasteiger partial charge on any atom is -0.325 e. The van der Waals surface area contributed by atoms with E-state index in [2.05, 4.69) is 10.6 Å². The molecule has 0 saturated heterocycles. The number of nitrogens with one attached hydrogen (secondary N) is 2. The van der Waals surface area contributed by atoms with E-state index in [0.717, 1.165) is 6.54 Å². The highest BCUT2D eigenvalue weighted by Crippen LogP contribution is 2.08. The molecule has 0 radical (unpaired) electrons. The second-order valence-electron chi connectivity index (χ2n) is 3.02. The molecule has 0 unspecified atom stereocenters. The number of anilines is 1. The number of hydrogen-bond acceptors (Lipinski definition) is 3. The number of amides is 1. The predicted molar refractivity (Wildman–Crippen MR) is 58.3 cm³/mol. The molecule has 1 aromatic rings. The van der Waals surface area contributed by atoms with Gasteiger partial charge in [-0.1, -0.05) is 6.92 Å². The number of hydrogen-bond donors (Lipinski definition) is 2. The van der Waals surface area contributed by atoms with Gasteiger partial charge in [-0.15, -0.1) is 0 Å². The van der Waals surface area contributed by atoms with Crippen LogP contribution in [0.2, 0.25) is 0 Å². The monoisotopic (exact) mass is 203 g/mol. The molecule has 0 aliphatic carbocycles. The average Bonchev–Trinajstić information content (AvgIpc) is 2.27. The maximum Gasteiger partial charge on any atom is 0.238 e. The zero-order valence-corrected chi connectivity index (χ0v) is 8.58. The lowest BCUT2D eigenvalue weighted by Crippen LogP contribution is -2.27. The maximum absolute atomic E-state index is 11.3. The van der Waals surface area contributed by atoms with Crippen LogP contribution in [0.25, 0.3) is 0 Å². The smallest absolute Gasteiger partial charge is 0.238 e. The minimum atomic E-state index is -0.0819. The lowest BCUT2D eigenvalue weighted by atomic mass is 10.2. The molecule has 0 atom stereocenters. The molecule has 0 spiro atoms. The SMILES string of the molecule is CCNCC(=O)Nc1ccc(C#N)cc1. The molecule has 78 valence electrons. The highest BCUT2D eigenvalue weighted by Gasteiger charge is 2.00. The van der Waals surface area contributed by atoms with Crippen molar-refractivity contribution in [3.63, 3.8) is 0 Å². The number of benzene rings is 1. The summed E-state index contributed by atoms with van der Waals surface area (Å²) in [6.45, 7) is 3.01. The molecule has 0 saturated carbocycles. The minimum absolute atomic E-state index is 0.0819. The first-order valence-electron chi connectivity index (χ1n) is 4.77. The van der Waals surface area contributed by atoms with Gasteiger partial charge in [-0.25, -0.2) is 0 Å². The van der Waals surface area contributed by atoms with Crippen molar-refractivity contribution in [3.8, 4) is 6.07 Å². The van der Waals surface area contributed by atoms with Gasteiger partial charge in [0.2, 0.25) is 5.91 Å². The summed E-state index contributed by atoms with van der Waals surface area (Å²) in [5.74, 6) is -0.0819. The summed E-state index contributed by atoms with van der Waals surface area (Å²) in [5.41, 5.74) is 1.29. The molecule has 0 bridgehead atoms. The second kappa shape index (κ2) is 5.78. The van der Waals surface area contributed by atoms with Crippen molar-refractivity contribution in [2.45, 2.75) is 6.92 Å². The van der Waals surface area contributed by atoms with Crippen LogP contribution in [0.15, 0.2) is 24.3 Å². The Labute approximate surface area is 88.9 Å². The Hall–Kier alpha value is -1.86. The normalized spacial score (nSPS) is 9.33. The van der Waals surface area contributed by atoms with Crippen LogP contribution in [-0.2, 0) is 4.79 Å². The fourth-order valence-corrected chi connectivity index (χ4v) is 1.07. The van der Waals surface area contributed by atoms with Crippen LogP contribution in [-0.4, -0.2) is 19.0 Å². The van der Waals surface area contributed by atoms with E-state index in [-0.39, 0.29) is 5.91 Å². The molecular weight excluding hydrogens is 190 g/mol. The first kappa shape index (κ1) is 11.2. The summed E-state index contributed by atoms with van der Waals surface area (Å²) in [6.07, 6.45) is 0. The van der Waals surface area contributed by atoms with E-state index in [1.54, 1.807) is 24.3 Å². The van der Waals surface area contributed by atoms with Crippen molar-refractivity contribution in [1.82, 2.24) is 5.32 Å². The Balaban J connectivity index is 2.50. The molecule has 0 aromatic heterocycles. The van der Waals surface area contributed by atoms with Gasteiger partial charge in [0, 0.05) is 5.69 Å². The third-order valence-corrected chi connectivity index (χ3v) is 1.83. The highest BCUT2D eigenvalue weighted by molar-refractivity contribution is 5.92. The molecule has 15 heavy (non-hydrogen) atoms. The fraction of sp³-hybridized carbons (Fsp3) is 0.273. The molecule has 4 heteroatoms. The highest BCUT2D eigenvalue weighted by atomic mass is 16.1. The van der Waals surface area contributed by atoms with Gasteiger partial charge in [0.15, 0.2) is 0 Å². The Kier molecular flexibility index (Phi) is 4.32. The van der Waals surface area contributed by atoms with E-state index in [9.17, 15) is 4.79 Å². The largest absolute Gasteiger partial charge is 0.325 e. The summed E-state index contributed by atoms with van der Waals surface area (Å²) < 4.78 is 0. The Bertz CT molecular complexity index is 364. The van der Waals surface area contributed by atoms with Crippen molar-refractivity contribution < 1.29 is 4.79 Å². The molecule has 0 aliphatic rings. The topological polar surface area (TPSA) is 64.9 Å². The van der Waals surface area contributed by atoms with Gasteiger partial charge in [0.1, 0.15) is 0 Å². The fourth-order valence-electron chi connectivity index (χ4n) is 1.07.